The van der Waals surface area contributed by atoms with Crippen LogP contribution in [0.2, 0.25) is 5.02 Å². The highest BCUT2D eigenvalue weighted by Crippen LogP contribution is 2.37. The van der Waals surface area contributed by atoms with Gasteiger partial charge in [-0.05, 0) is 30.0 Å². The number of hydrogen-bond acceptors (Lipinski definition) is 5. The SMILES string of the molecule is N#CC(=NN(Cl)c1ccc(C(F)(F)F)cc1Cl)C(C#N)SC(F)(F)F. The lowest BCUT2D eigenvalue weighted by Gasteiger charge is -2.15. The Morgan fingerprint density at radius 2 is 1.80 bits per heavy atom. The van der Waals surface area contributed by atoms with E-state index < -0.39 is 45.0 Å². The summed E-state index contributed by atoms with van der Waals surface area (Å²) in [5.74, 6) is 0. The van der Waals surface area contributed by atoms with E-state index in [1.54, 1.807) is 0 Å². The Morgan fingerprint density at radius 1 is 1.20 bits per heavy atom. The summed E-state index contributed by atoms with van der Waals surface area (Å²) in [4.78, 5) is 0. The summed E-state index contributed by atoms with van der Waals surface area (Å²) in [6.45, 7) is 0. The van der Waals surface area contributed by atoms with Crippen molar-refractivity contribution in [2.24, 2.45) is 5.10 Å². The number of anilines is 1. The maximum atomic E-state index is 12.6. The van der Waals surface area contributed by atoms with Crippen LogP contribution in [0.5, 0.6) is 0 Å². The molecule has 0 fully saturated rings. The van der Waals surface area contributed by atoms with Crippen LogP contribution < -0.4 is 4.53 Å². The number of nitriles is 2. The molecule has 1 aromatic rings. The topological polar surface area (TPSA) is 63.2 Å². The van der Waals surface area contributed by atoms with Crippen molar-refractivity contribution in [2.45, 2.75) is 16.9 Å². The van der Waals surface area contributed by atoms with Gasteiger partial charge < -0.3 is 0 Å². The van der Waals surface area contributed by atoms with Gasteiger partial charge in [-0.15, -0.1) is 5.10 Å². The lowest BCUT2D eigenvalue weighted by atomic mass is 10.2. The van der Waals surface area contributed by atoms with Gasteiger partial charge in [0.25, 0.3) is 0 Å². The van der Waals surface area contributed by atoms with Crippen LogP contribution in [0.25, 0.3) is 0 Å². The van der Waals surface area contributed by atoms with Crippen molar-refractivity contribution in [3.8, 4) is 12.1 Å². The Labute approximate surface area is 151 Å². The van der Waals surface area contributed by atoms with E-state index in [2.05, 4.69) is 5.10 Å². The van der Waals surface area contributed by atoms with Crippen LogP contribution in [0, 0.1) is 22.7 Å². The van der Waals surface area contributed by atoms with Crippen LogP contribution in [-0.4, -0.2) is 16.5 Å². The Bertz CT molecular complexity index is 750. The number of rotatable bonds is 4. The zero-order chi connectivity index (χ0) is 19.4. The van der Waals surface area contributed by atoms with Crippen molar-refractivity contribution in [3.05, 3.63) is 28.8 Å². The van der Waals surface area contributed by atoms with Gasteiger partial charge in [-0.1, -0.05) is 11.6 Å². The van der Waals surface area contributed by atoms with Gasteiger partial charge in [-0.25, -0.2) is 0 Å². The monoisotopic (exact) mass is 420 g/mol. The fourth-order valence-corrected chi connectivity index (χ4v) is 2.46. The molecule has 0 saturated heterocycles. The fraction of sp³-hybridized carbons (Fsp3) is 0.250. The summed E-state index contributed by atoms with van der Waals surface area (Å²) < 4.78 is 75.0. The summed E-state index contributed by atoms with van der Waals surface area (Å²) in [5.41, 5.74) is -7.13. The molecule has 134 valence electrons. The molecule has 1 rings (SSSR count). The molecule has 0 amide bonds. The molecule has 25 heavy (non-hydrogen) atoms. The summed E-state index contributed by atoms with van der Waals surface area (Å²) in [6.07, 6.45) is -4.67. The second kappa shape index (κ2) is 8.04. The molecule has 0 aliphatic heterocycles. The zero-order valence-corrected chi connectivity index (χ0v) is 13.9. The van der Waals surface area contributed by atoms with E-state index in [9.17, 15) is 26.3 Å². The van der Waals surface area contributed by atoms with Crippen molar-refractivity contribution >= 4 is 46.5 Å². The van der Waals surface area contributed by atoms with Crippen molar-refractivity contribution in [1.29, 1.82) is 10.5 Å². The van der Waals surface area contributed by atoms with Crippen LogP contribution in [-0.2, 0) is 6.18 Å². The van der Waals surface area contributed by atoms with Crippen LogP contribution >= 0.6 is 35.1 Å². The summed E-state index contributed by atoms with van der Waals surface area (Å²) in [5, 5.41) is 18.4. The second-order valence-corrected chi connectivity index (χ2v) is 5.99. The number of thioether (sulfide) groups is 1. The summed E-state index contributed by atoms with van der Waals surface area (Å²) >= 11 is 10.5. The Kier molecular flexibility index (Phi) is 6.82. The van der Waals surface area contributed by atoms with Gasteiger partial charge >= 0.3 is 11.7 Å². The molecule has 0 N–H and O–H groups in total. The highest BCUT2D eigenvalue weighted by atomic mass is 35.5. The summed E-state index contributed by atoms with van der Waals surface area (Å²) in [6, 6.07) is 4.48. The molecule has 0 radical (unpaired) electrons. The van der Waals surface area contributed by atoms with Crippen molar-refractivity contribution in [3.63, 3.8) is 0 Å². The molecule has 1 atom stereocenters. The van der Waals surface area contributed by atoms with Gasteiger partial charge in [0.05, 0.1) is 22.3 Å². The molecule has 0 saturated carbocycles. The maximum absolute atomic E-state index is 12.6. The third kappa shape index (κ3) is 6.20. The third-order valence-electron chi connectivity index (χ3n) is 2.40. The van der Waals surface area contributed by atoms with Crippen molar-refractivity contribution in [2.75, 3.05) is 4.53 Å². The van der Waals surface area contributed by atoms with E-state index in [1.165, 1.54) is 12.1 Å². The first-order valence-electron chi connectivity index (χ1n) is 5.84. The number of hydrogen-bond donors (Lipinski definition) is 0. The van der Waals surface area contributed by atoms with Crippen LogP contribution in [0.3, 0.4) is 0 Å². The minimum atomic E-state index is -4.82. The number of halogens is 8. The van der Waals surface area contributed by atoms with Gasteiger partial charge in [0.1, 0.15) is 6.07 Å². The highest BCUT2D eigenvalue weighted by Gasteiger charge is 2.36. The van der Waals surface area contributed by atoms with E-state index in [0.29, 0.717) is 16.7 Å². The van der Waals surface area contributed by atoms with E-state index >= 15 is 0 Å². The predicted molar refractivity (Wildman–Crippen MR) is 80.9 cm³/mol. The first-order valence-corrected chi connectivity index (χ1v) is 7.44. The normalized spacial score (nSPS) is 13.8. The third-order valence-corrected chi connectivity index (χ3v) is 3.79. The number of benzene rings is 1. The lowest BCUT2D eigenvalue weighted by Crippen LogP contribution is -2.21. The number of hydrazone groups is 1. The standard InChI is InChI=1S/C12H4Cl2F6N4S/c13-7-3-6(11(15,16)17)1-2-9(7)24(14)23-8(4-21)10(5-22)25-12(18,19)20/h1-3,10H. The van der Waals surface area contributed by atoms with Crippen LogP contribution in [0.4, 0.5) is 32.0 Å². The smallest absolute Gasteiger partial charge is 0.197 e. The number of alkyl halides is 6. The van der Waals surface area contributed by atoms with Crippen LogP contribution in [0.1, 0.15) is 5.56 Å². The van der Waals surface area contributed by atoms with E-state index in [1.807, 2.05) is 0 Å². The average molecular weight is 421 g/mol. The van der Waals surface area contributed by atoms with Gasteiger partial charge in [-0.3, -0.25) is 0 Å². The first-order chi connectivity index (χ1) is 11.4. The minimum Gasteiger partial charge on any atom is -0.197 e. The molecule has 4 nitrogen and oxygen atoms in total. The lowest BCUT2D eigenvalue weighted by molar-refractivity contribution is -0.137. The van der Waals surface area contributed by atoms with Crippen LogP contribution in [0.15, 0.2) is 23.3 Å². The van der Waals surface area contributed by atoms with Gasteiger partial charge in [0.15, 0.2) is 11.0 Å². The second-order valence-electron chi connectivity index (χ2n) is 4.09. The van der Waals surface area contributed by atoms with Crippen molar-refractivity contribution in [1.82, 2.24) is 0 Å². The summed E-state index contributed by atoms with van der Waals surface area (Å²) in [7, 11) is 0. The van der Waals surface area contributed by atoms with E-state index in [0.717, 1.165) is 6.07 Å². The molecular formula is C12H4Cl2F6N4S. The fourth-order valence-electron chi connectivity index (χ4n) is 1.39. The quantitative estimate of drug-likeness (QED) is 0.285. The Hall–Kier alpha value is -1.82. The highest BCUT2D eigenvalue weighted by molar-refractivity contribution is 8.01. The molecule has 0 bridgehead atoms. The molecule has 13 heteroatoms. The maximum Gasteiger partial charge on any atom is 0.443 e. The van der Waals surface area contributed by atoms with E-state index in [4.69, 9.17) is 33.9 Å². The molecule has 1 aromatic carbocycles. The largest absolute Gasteiger partial charge is 0.443 e. The molecule has 0 heterocycles. The number of nitrogens with zero attached hydrogens (tertiary/aromatic N) is 4. The predicted octanol–water partition coefficient (Wildman–Crippen LogP) is 5.34. The molecule has 0 aliphatic rings. The molecule has 0 aliphatic carbocycles. The Morgan fingerprint density at radius 3 is 2.20 bits per heavy atom. The molecular weight excluding hydrogens is 417 g/mol. The van der Waals surface area contributed by atoms with Crippen molar-refractivity contribution < 1.29 is 26.3 Å². The average Bonchev–Trinajstić information content (AvgIpc) is 2.48. The molecule has 1 unspecified atom stereocenters. The zero-order valence-electron chi connectivity index (χ0n) is 11.5. The molecule has 0 aromatic heterocycles. The first kappa shape index (κ1) is 21.2. The minimum absolute atomic E-state index is 0.294. The van der Waals surface area contributed by atoms with Gasteiger partial charge in [0.2, 0.25) is 0 Å². The van der Waals surface area contributed by atoms with Gasteiger partial charge in [-0.2, -0.15) is 41.4 Å². The Balaban J connectivity index is 3.17. The van der Waals surface area contributed by atoms with Gasteiger partial charge in [0, 0.05) is 11.8 Å². The van der Waals surface area contributed by atoms with E-state index in [-0.39, 0.29) is 5.69 Å². The molecule has 0 spiro atoms.